The first-order chi connectivity index (χ1) is 13.9. The van der Waals surface area contributed by atoms with Gasteiger partial charge in [-0.2, -0.15) is 8.42 Å². The molecule has 4 rings (SSSR count). The Hall–Kier alpha value is -2.37. The van der Waals surface area contributed by atoms with E-state index in [1.807, 2.05) is 0 Å². The Labute approximate surface area is 169 Å². The Balaban J connectivity index is 1.40. The lowest BCUT2D eigenvalue weighted by atomic mass is 9.98. The SMILES string of the molecule is NC1=NS(=O)(=O)Nc2cccc(OC[C@H]3CCCN(C(=O)C4CCOCC4)N3)c21. The minimum Gasteiger partial charge on any atom is -0.491 e. The number of hydrogen-bond donors (Lipinski definition) is 3. The number of carbonyl (C=O) groups is 1. The van der Waals surface area contributed by atoms with Gasteiger partial charge in [-0.05, 0) is 37.8 Å². The Morgan fingerprint density at radius 3 is 2.90 bits per heavy atom. The number of ether oxygens (including phenoxy) is 2. The average Bonchev–Trinajstić information content (AvgIpc) is 2.71. The zero-order chi connectivity index (χ0) is 20.4. The van der Waals surface area contributed by atoms with E-state index in [1.165, 1.54) is 0 Å². The topological polar surface area (TPSA) is 135 Å². The molecule has 4 N–H and O–H groups in total. The predicted molar refractivity (Wildman–Crippen MR) is 107 cm³/mol. The molecular formula is C18H25N5O5S. The van der Waals surface area contributed by atoms with Crippen molar-refractivity contribution in [2.24, 2.45) is 16.0 Å². The number of rotatable bonds is 4. The lowest BCUT2D eigenvalue weighted by Crippen LogP contribution is -2.56. The van der Waals surface area contributed by atoms with E-state index in [0.717, 1.165) is 25.7 Å². The van der Waals surface area contributed by atoms with Crippen LogP contribution in [-0.4, -0.2) is 57.6 Å². The number of anilines is 1. The minimum atomic E-state index is -3.83. The van der Waals surface area contributed by atoms with E-state index in [-0.39, 0.29) is 23.7 Å². The van der Waals surface area contributed by atoms with Crippen molar-refractivity contribution in [3.63, 3.8) is 0 Å². The highest BCUT2D eigenvalue weighted by Gasteiger charge is 2.30. The zero-order valence-electron chi connectivity index (χ0n) is 16.0. The summed E-state index contributed by atoms with van der Waals surface area (Å²) >= 11 is 0. The molecule has 1 amide bonds. The first kappa shape index (κ1) is 19.9. The highest BCUT2D eigenvalue weighted by atomic mass is 32.2. The van der Waals surface area contributed by atoms with Crippen molar-refractivity contribution in [2.45, 2.75) is 31.7 Å². The summed E-state index contributed by atoms with van der Waals surface area (Å²) in [6, 6.07) is 4.97. The Morgan fingerprint density at radius 1 is 1.31 bits per heavy atom. The first-order valence-corrected chi connectivity index (χ1v) is 11.2. The molecule has 158 valence electrons. The summed E-state index contributed by atoms with van der Waals surface area (Å²) in [6.07, 6.45) is 3.25. The van der Waals surface area contributed by atoms with Gasteiger partial charge in [-0.3, -0.25) is 14.5 Å². The lowest BCUT2D eigenvalue weighted by molar-refractivity contribution is -0.144. The fraction of sp³-hybridized carbons (Fsp3) is 0.556. The Morgan fingerprint density at radius 2 is 2.10 bits per heavy atom. The van der Waals surface area contributed by atoms with E-state index < -0.39 is 10.2 Å². The molecule has 0 saturated carbocycles. The standard InChI is InChI=1S/C18H25N5O5S/c19-17-16-14(21-29(25,26)22-17)4-1-5-15(16)28-11-13-3-2-8-23(20-13)18(24)12-6-9-27-10-7-12/h1,4-5,12-13,20-21H,2-3,6-11H2,(H2,19,22)/t13-/m1/s1. The third-order valence-corrected chi connectivity index (χ3v) is 6.20. The summed E-state index contributed by atoms with van der Waals surface area (Å²) in [5, 5.41) is 1.71. The zero-order valence-corrected chi connectivity index (χ0v) is 16.8. The molecule has 11 heteroatoms. The summed E-state index contributed by atoms with van der Waals surface area (Å²) in [6.45, 7) is 2.24. The van der Waals surface area contributed by atoms with Gasteiger partial charge in [0.15, 0.2) is 5.84 Å². The van der Waals surface area contributed by atoms with E-state index in [4.69, 9.17) is 15.2 Å². The van der Waals surface area contributed by atoms with Crippen LogP contribution in [0, 0.1) is 5.92 Å². The highest BCUT2D eigenvalue weighted by molar-refractivity contribution is 7.91. The van der Waals surface area contributed by atoms with Crippen LogP contribution in [-0.2, 0) is 19.7 Å². The van der Waals surface area contributed by atoms with Crippen LogP contribution in [0.2, 0.25) is 0 Å². The maximum absolute atomic E-state index is 12.7. The molecule has 0 bridgehead atoms. The third kappa shape index (κ3) is 4.46. The van der Waals surface area contributed by atoms with Crippen LogP contribution in [0.4, 0.5) is 5.69 Å². The van der Waals surface area contributed by atoms with Crippen molar-refractivity contribution in [1.29, 1.82) is 0 Å². The van der Waals surface area contributed by atoms with Crippen LogP contribution in [0.3, 0.4) is 0 Å². The van der Waals surface area contributed by atoms with Crippen LogP contribution in [0.15, 0.2) is 22.6 Å². The number of nitrogens with two attached hydrogens (primary N) is 1. The normalized spacial score (nSPS) is 24.2. The molecule has 2 saturated heterocycles. The maximum atomic E-state index is 12.7. The van der Waals surface area contributed by atoms with Gasteiger partial charge in [-0.25, -0.2) is 5.43 Å². The minimum absolute atomic E-state index is 0.00101. The van der Waals surface area contributed by atoms with Crippen molar-refractivity contribution < 1.29 is 22.7 Å². The predicted octanol–water partition coefficient (Wildman–Crippen LogP) is 0.363. The van der Waals surface area contributed by atoms with E-state index in [1.54, 1.807) is 23.2 Å². The molecule has 0 aromatic heterocycles. The number of amidine groups is 1. The summed E-state index contributed by atoms with van der Waals surface area (Å²) in [4.78, 5) is 12.7. The van der Waals surface area contributed by atoms with Crippen molar-refractivity contribution in [2.75, 3.05) is 31.1 Å². The largest absolute Gasteiger partial charge is 0.491 e. The van der Waals surface area contributed by atoms with E-state index in [0.29, 0.717) is 43.4 Å². The van der Waals surface area contributed by atoms with Gasteiger partial charge < -0.3 is 15.2 Å². The second-order valence-electron chi connectivity index (χ2n) is 7.39. The molecule has 0 unspecified atom stereocenters. The van der Waals surface area contributed by atoms with Crippen LogP contribution >= 0.6 is 0 Å². The van der Waals surface area contributed by atoms with E-state index in [2.05, 4.69) is 14.5 Å². The van der Waals surface area contributed by atoms with E-state index in [9.17, 15) is 13.2 Å². The number of hydrazine groups is 1. The quantitative estimate of drug-likeness (QED) is 0.636. The number of fused-ring (bicyclic) bond motifs is 1. The Bertz CT molecular complexity index is 913. The Kier molecular flexibility index (Phi) is 5.61. The number of carbonyl (C=O) groups excluding carboxylic acids is 1. The summed E-state index contributed by atoms with van der Waals surface area (Å²) in [7, 11) is -3.83. The van der Waals surface area contributed by atoms with Crippen LogP contribution in [0.5, 0.6) is 5.75 Å². The van der Waals surface area contributed by atoms with Gasteiger partial charge in [0.2, 0.25) is 5.91 Å². The van der Waals surface area contributed by atoms with Crippen molar-refractivity contribution in [1.82, 2.24) is 10.4 Å². The van der Waals surface area contributed by atoms with Gasteiger partial charge in [0.05, 0.1) is 17.3 Å². The first-order valence-electron chi connectivity index (χ1n) is 9.72. The van der Waals surface area contributed by atoms with Gasteiger partial charge in [0, 0.05) is 25.7 Å². The maximum Gasteiger partial charge on any atom is 0.344 e. The number of nitrogens with zero attached hydrogens (tertiary/aromatic N) is 2. The lowest BCUT2D eigenvalue weighted by Gasteiger charge is -2.36. The van der Waals surface area contributed by atoms with Crippen molar-refractivity contribution >= 4 is 27.6 Å². The number of benzene rings is 1. The van der Waals surface area contributed by atoms with Gasteiger partial charge in [-0.1, -0.05) is 6.07 Å². The number of amides is 1. The fourth-order valence-corrected chi connectivity index (χ4v) is 4.68. The highest BCUT2D eigenvalue weighted by Crippen LogP contribution is 2.30. The summed E-state index contributed by atoms with van der Waals surface area (Å²) in [5.74, 6) is 0.449. The van der Waals surface area contributed by atoms with Gasteiger partial charge in [0.1, 0.15) is 12.4 Å². The molecule has 1 atom stereocenters. The monoisotopic (exact) mass is 423 g/mol. The second-order valence-corrected chi connectivity index (χ2v) is 8.72. The molecule has 0 spiro atoms. The summed E-state index contributed by atoms with van der Waals surface area (Å²) < 4.78 is 40.5. The molecule has 2 fully saturated rings. The molecule has 10 nitrogen and oxygen atoms in total. The average molecular weight is 423 g/mol. The second kappa shape index (κ2) is 8.17. The smallest absolute Gasteiger partial charge is 0.344 e. The van der Waals surface area contributed by atoms with Crippen molar-refractivity contribution in [3.8, 4) is 5.75 Å². The van der Waals surface area contributed by atoms with E-state index >= 15 is 0 Å². The molecule has 0 aliphatic carbocycles. The molecular weight excluding hydrogens is 398 g/mol. The van der Waals surface area contributed by atoms with Crippen LogP contribution < -0.4 is 20.6 Å². The van der Waals surface area contributed by atoms with Gasteiger partial charge in [-0.15, -0.1) is 4.40 Å². The summed E-state index contributed by atoms with van der Waals surface area (Å²) in [5.41, 5.74) is 9.88. The third-order valence-electron chi connectivity index (χ3n) is 5.29. The molecule has 3 heterocycles. The number of nitrogens with one attached hydrogen (secondary N) is 2. The van der Waals surface area contributed by atoms with Crippen LogP contribution in [0.1, 0.15) is 31.2 Å². The van der Waals surface area contributed by atoms with Gasteiger partial charge in [0.25, 0.3) is 0 Å². The molecule has 3 aliphatic rings. The number of hydrogen-bond acceptors (Lipinski definition) is 7. The van der Waals surface area contributed by atoms with Crippen molar-refractivity contribution in [3.05, 3.63) is 23.8 Å². The molecule has 1 aromatic carbocycles. The molecule has 29 heavy (non-hydrogen) atoms. The molecule has 0 radical (unpaired) electrons. The van der Waals surface area contributed by atoms with Gasteiger partial charge >= 0.3 is 10.2 Å². The molecule has 1 aromatic rings. The van der Waals surface area contributed by atoms with Crippen LogP contribution in [0.25, 0.3) is 0 Å². The molecule has 3 aliphatic heterocycles. The fourth-order valence-electron chi connectivity index (χ4n) is 3.83.